The normalized spacial score (nSPS) is 22.3. The highest BCUT2D eigenvalue weighted by atomic mass is 32.1. The topological polar surface area (TPSA) is 70.5 Å². The molecule has 1 aliphatic carbocycles. The lowest BCUT2D eigenvalue weighted by Crippen LogP contribution is -2.28. The van der Waals surface area contributed by atoms with Crippen LogP contribution < -0.4 is 4.90 Å². The molecule has 92 valence electrons. The molecule has 1 aliphatic rings. The molecule has 2 atom stereocenters. The van der Waals surface area contributed by atoms with Gasteiger partial charge in [-0.25, -0.2) is 4.79 Å². The molecule has 1 heterocycles. The summed E-state index contributed by atoms with van der Waals surface area (Å²) in [5.41, 5.74) is 0.597. The zero-order chi connectivity index (χ0) is 12.7. The van der Waals surface area contributed by atoms with E-state index in [-0.39, 0.29) is 17.4 Å². The van der Waals surface area contributed by atoms with Gasteiger partial charge in [0.05, 0.1) is 5.69 Å². The zero-order valence-electron chi connectivity index (χ0n) is 9.93. The summed E-state index contributed by atoms with van der Waals surface area (Å²) in [6.45, 7) is 3.66. The van der Waals surface area contributed by atoms with Gasteiger partial charge >= 0.3 is 5.97 Å². The van der Waals surface area contributed by atoms with E-state index in [0.29, 0.717) is 16.6 Å². The molecule has 17 heavy (non-hydrogen) atoms. The number of aromatic carboxylic acids is 1. The zero-order valence-corrected chi connectivity index (χ0v) is 10.7. The third kappa shape index (κ3) is 2.04. The van der Waals surface area contributed by atoms with E-state index in [9.17, 15) is 9.59 Å². The lowest BCUT2D eigenvalue weighted by molar-refractivity contribution is -0.119. The summed E-state index contributed by atoms with van der Waals surface area (Å²) in [5.74, 6) is -0.588. The predicted molar refractivity (Wildman–Crippen MR) is 64.5 cm³/mol. The van der Waals surface area contributed by atoms with Gasteiger partial charge in [0.2, 0.25) is 5.91 Å². The largest absolute Gasteiger partial charge is 0.478 e. The second-order valence-electron chi connectivity index (χ2n) is 4.47. The molecular weight excluding hydrogens is 240 g/mol. The molecule has 0 radical (unpaired) electrons. The first-order valence-corrected chi connectivity index (χ1v) is 6.18. The minimum Gasteiger partial charge on any atom is -0.478 e. The highest BCUT2D eigenvalue weighted by molar-refractivity contribution is 7.11. The number of amides is 1. The smallest absolute Gasteiger partial charge is 0.340 e. The average molecular weight is 254 g/mol. The Morgan fingerprint density at radius 2 is 2.12 bits per heavy atom. The lowest BCUT2D eigenvalue weighted by Gasteiger charge is -2.15. The quantitative estimate of drug-likeness (QED) is 0.892. The van der Waals surface area contributed by atoms with Crippen molar-refractivity contribution in [2.75, 3.05) is 11.9 Å². The molecule has 0 spiro atoms. The summed E-state index contributed by atoms with van der Waals surface area (Å²) >= 11 is 1.06. The fraction of sp³-hybridized carbons (Fsp3) is 0.545. The number of hydrogen-bond donors (Lipinski definition) is 1. The molecule has 6 heteroatoms. The van der Waals surface area contributed by atoms with Gasteiger partial charge in [0.25, 0.3) is 0 Å². The molecule has 1 amide bonds. The molecular formula is C11H14N2O3S. The average Bonchev–Trinajstić information content (AvgIpc) is 2.85. The minimum absolute atomic E-state index is 0.0105. The number of carbonyl (C=O) groups excluding carboxylic acids is 1. The summed E-state index contributed by atoms with van der Waals surface area (Å²) in [6, 6.07) is 0. The van der Waals surface area contributed by atoms with Gasteiger partial charge in [-0.3, -0.25) is 4.79 Å². The third-order valence-corrected chi connectivity index (χ3v) is 4.14. The van der Waals surface area contributed by atoms with Gasteiger partial charge in [-0.2, -0.15) is 4.37 Å². The Bertz CT molecular complexity index is 483. The first-order chi connectivity index (χ1) is 7.93. The van der Waals surface area contributed by atoms with E-state index in [1.807, 2.05) is 6.92 Å². The summed E-state index contributed by atoms with van der Waals surface area (Å²) < 4.78 is 4.01. The van der Waals surface area contributed by atoms with Crippen molar-refractivity contribution in [2.24, 2.45) is 11.8 Å². The van der Waals surface area contributed by atoms with E-state index < -0.39 is 5.97 Å². The van der Waals surface area contributed by atoms with Gasteiger partial charge in [0, 0.05) is 13.0 Å². The second-order valence-corrected chi connectivity index (χ2v) is 5.22. The molecule has 0 aromatic carbocycles. The molecule has 5 nitrogen and oxygen atoms in total. The number of anilines is 1. The van der Waals surface area contributed by atoms with Gasteiger partial charge in [0.15, 0.2) is 0 Å². The molecule has 0 saturated heterocycles. The number of carbonyl (C=O) groups is 2. The molecule has 0 aliphatic heterocycles. The summed E-state index contributed by atoms with van der Waals surface area (Å²) in [7, 11) is 1.62. The van der Waals surface area contributed by atoms with Crippen LogP contribution in [-0.2, 0) is 4.79 Å². The van der Waals surface area contributed by atoms with E-state index in [0.717, 1.165) is 18.0 Å². The van der Waals surface area contributed by atoms with Crippen molar-refractivity contribution in [1.29, 1.82) is 0 Å². The lowest BCUT2D eigenvalue weighted by atomic mass is 10.2. The Balaban J connectivity index is 2.28. The van der Waals surface area contributed by atoms with Crippen LogP contribution in [0.2, 0.25) is 0 Å². The summed E-state index contributed by atoms with van der Waals surface area (Å²) in [6.07, 6.45) is 0.892. The standard InChI is InChI=1S/C11H14N2O3S/c1-5-4-7(5)9(14)13(3)10-8(11(15)16)6(2)12-17-10/h5,7H,4H2,1-3H3,(H,15,16). The molecule has 2 unspecified atom stereocenters. The molecule has 1 aromatic rings. The molecule has 1 saturated carbocycles. The fourth-order valence-electron chi connectivity index (χ4n) is 1.85. The van der Waals surface area contributed by atoms with Crippen LogP contribution >= 0.6 is 11.5 Å². The number of carboxylic acid groups (broad SMARTS) is 1. The maximum atomic E-state index is 12.0. The minimum atomic E-state index is -1.03. The van der Waals surface area contributed by atoms with Crippen molar-refractivity contribution in [1.82, 2.24) is 4.37 Å². The SMILES string of the molecule is Cc1nsc(N(C)C(=O)C2CC2C)c1C(=O)O. The first-order valence-electron chi connectivity index (χ1n) is 5.40. The molecule has 1 N–H and O–H groups in total. The van der Waals surface area contributed by atoms with Crippen molar-refractivity contribution < 1.29 is 14.7 Å². The maximum absolute atomic E-state index is 12.0. The van der Waals surface area contributed by atoms with Crippen LogP contribution in [0.5, 0.6) is 0 Å². The molecule has 1 fully saturated rings. The van der Waals surface area contributed by atoms with E-state index >= 15 is 0 Å². The highest BCUT2D eigenvalue weighted by Crippen LogP contribution is 2.40. The number of hydrogen-bond acceptors (Lipinski definition) is 4. The maximum Gasteiger partial charge on any atom is 0.340 e. The van der Waals surface area contributed by atoms with Crippen LogP contribution in [-0.4, -0.2) is 28.4 Å². The van der Waals surface area contributed by atoms with E-state index in [2.05, 4.69) is 4.37 Å². The van der Waals surface area contributed by atoms with Crippen LogP contribution in [0, 0.1) is 18.8 Å². The van der Waals surface area contributed by atoms with Crippen molar-refractivity contribution >= 4 is 28.4 Å². The second kappa shape index (κ2) is 4.10. The van der Waals surface area contributed by atoms with Crippen molar-refractivity contribution in [3.63, 3.8) is 0 Å². The Hall–Kier alpha value is -1.43. The van der Waals surface area contributed by atoms with Gasteiger partial charge in [-0.15, -0.1) is 0 Å². The van der Waals surface area contributed by atoms with Crippen molar-refractivity contribution in [3.8, 4) is 0 Å². The van der Waals surface area contributed by atoms with E-state index in [4.69, 9.17) is 5.11 Å². The number of aromatic nitrogens is 1. The van der Waals surface area contributed by atoms with Gasteiger partial charge in [-0.05, 0) is 30.8 Å². The van der Waals surface area contributed by atoms with Crippen LogP contribution in [0.3, 0.4) is 0 Å². The Morgan fingerprint density at radius 3 is 2.59 bits per heavy atom. The van der Waals surface area contributed by atoms with Crippen LogP contribution in [0.4, 0.5) is 5.00 Å². The van der Waals surface area contributed by atoms with E-state index in [1.54, 1.807) is 14.0 Å². The number of rotatable bonds is 3. The summed E-state index contributed by atoms with van der Waals surface area (Å²) in [5, 5.41) is 9.53. The van der Waals surface area contributed by atoms with Gasteiger partial charge < -0.3 is 10.0 Å². The number of aryl methyl sites for hydroxylation is 1. The fourth-order valence-corrected chi connectivity index (χ4v) is 2.70. The molecule has 1 aromatic heterocycles. The Kier molecular flexibility index (Phi) is 2.91. The Morgan fingerprint density at radius 1 is 1.53 bits per heavy atom. The van der Waals surface area contributed by atoms with Crippen LogP contribution in [0.1, 0.15) is 29.4 Å². The Labute approximate surface area is 103 Å². The van der Waals surface area contributed by atoms with Crippen LogP contribution in [0.15, 0.2) is 0 Å². The molecule has 0 bridgehead atoms. The first kappa shape index (κ1) is 12.0. The summed E-state index contributed by atoms with van der Waals surface area (Å²) in [4.78, 5) is 24.6. The van der Waals surface area contributed by atoms with Gasteiger partial charge in [0.1, 0.15) is 10.6 Å². The predicted octanol–water partition coefficient (Wildman–Crippen LogP) is 1.77. The van der Waals surface area contributed by atoms with Crippen molar-refractivity contribution in [3.05, 3.63) is 11.3 Å². The highest BCUT2D eigenvalue weighted by Gasteiger charge is 2.42. The van der Waals surface area contributed by atoms with Gasteiger partial charge in [-0.1, -0.05) is 6.92 Å². The number of nitrogens with zero attached hydrogens (tertiary/aromatic N) is 2. The van der Waals surface area contributed by atoms with Crippen molar-refractivity contribution in [2.45, 2.75) is 20.3 Å². The van der Waals surface area contributed by atoms with Crippen LogP contribution in [0.25, 0.3) is 0 Å². The van der Waals surface area contributed by atoms with E-state index in [1.165, 1.54) is 4.90 Å². The number of carboxylic acids is 1. The monoisotopic (exact) mass is 254 g/mol. The third-order valence-electron chi connectivity index (χ3n) is 3.12. The molecule has 2 rings (SSSR count).